The van der Waals surface area contributed by atoms with Gasteiger partial charge in [-0.05, 0) is 52.8 Å². The first-order chi connectivity index (χ1) is 17.8. The molecule has 1 aromatic carbocycles. The smallest absolute Gasteiger partial charge is 0.242 e. The van der Waals surface area contributed by atoms with Gasteiger partial charge < -0.3 is 9.80 Å². The van der Waals surface area contributed by atoms with E-state index < -0.39 is 0 Å². The molecule has 2 amide bonds. The predicted molar refractivity (Wildman–Crippen MR) is 156 cm³/mol. The minimum atomic E-state index is -0.0850. The minimum absolute atomic E-state index is 0.0640. The average molecular weight is 525 g/mol. The van der Waals surface area contributed by atoms with Gasteiger partial charge in [-0.1, -0.05) is 97.4 Å². The van der Waals surface area contributed by atoms with Gasteiger partial charge in [0.2, 0.25) is 11.8 Å². The van der Waals surface area contributed by atoms with Crippen LogP contribution < -0.4 is 0 Å². The molecule has 5 heteroatoms. The number of unbranched alkanes of at least 4 members (excludes halogenated alkanes) is 6. The largest absolute Gasteiger partial charge is 0.333 e. The Morgan fingerprint density at radius 1 is 0.946 bits per heavy atom. The van der Waals surface area contributed by atoms with E-state index in [0.29, 0.717) is 19.5 Å². The fourth-order valence-electron chi connectivity index (χ4n) is 5.22. The third kappa shape index (κ3) is 8.17. The summed E-state index contributed by atoms with van der Waals surface area (Å²) < 4.78 is 0. The Morgan fingerprint density at radius 3 is 2.30 bits per heavy atom. The van der Waals surface area contributed by atoms with Gasteiger partial charge in [-0.2, -0.15) is 0 Å². The van der Waals surface area contributed by atoms with Crippen LogP contribution in [0.3, 0.4) is 0 Å². The molecule has 3 rings (SSSR count). The molecule has 0 saturated carbocycles. The number of hydrogen-bond acceptors (Lipinski definition) is 3. The van der Waals surface area contributed by atoms with Crippen molar-refractivity contribution in [3.05, 3.63) is 57.3 Å². The van der Waals surface area contributed by atoms with E-state index in [-0.39, 0.29) is 29.8 Å². The summed E-state index contributed by atoms with van der Waals surface area (Å²) >= 11 is 1.79. The molecule has 0 bridgehead atoms. The average Bonchev–Trinajstić information content (AvgIpc) is 3.36. The van der Waals surface area contributed by atoms with E-state index in [1.165, 1.54) is 41.7 Å². The topological polar surface area (TPSA) is 40.6 Å². The first kappa shape index (κ1) is 29.4. The van der Waals surface area contributed by atoms with Gasteiger partial charge in [0, 0.05) is 24.4 Å². The number of fused-ring (bicyclic) bond motifs is 1. The molecule has 0 spiro atoms. The van der Waals surface area contributed by atoms with Crippen LogP contribution in [0.5, 0.6) is 0 Å². The Bertz CT molecular complexity index is 989. The number of thiophene rings is 1. The highest BCUT2D eigenvalue weighted by atomic mass is 32.1. The first-order valence-electron chi connectivity index (χ1n) is 14.5. The highest BCUT2D eigenvalue weighted by Crippen LogP contribution is 2.38. The van der Waals surface area contributed by atoms with E-state index in [1.54, 1.807) is 11.3 Å². The summed E-state index contributed by atoms with van der Waals surface area (Å²) in [7, 11) is 0. The van der Waals surface area contributed by atoms with Crippen molar-refractivity contribution in [2.45, 2.75) is 110 Å². The molecule has 2 aromatic rings. The summed E-state index contributed by atoms with van der Waals surface area (Å²) in [5.74, 6) is 0.200. The summed E-state index contributed by atoms with van der Waals surface area (Å²) in [6.07, 6.45) is 10.4. The van der Waals surface area contributed by atoms with Gasteiger partial charge in [-0.3, -0.25) is 9.59 Å². The van der Waals surface area contributed by atoms with E-state index in [2.05, 4.69) is 70.3 Å². The zero-order chi connectivity index (χ0) is 26.8. The summed E-state index contributed by atoms with van der Waals surface area (Å²) in [4.78, 5) is 32.2. The minimum Gasteiger partial charge on any atom is -0.333 e. The molecule has 0 N–H and O–H groups in total. The number of carbonyl (C=O) groups excluding carboxylic acids is 2. The molecule has 1 aliphatic rings. The van der Waals surface area contributed by atoms with Crippen LogP contribution >= 0.6 is 11.3 Å². The lowest BCUT2D eigenvalue weighted by atomic mass is 9.85. The molecule has 1 unspecified atom stereocenters. The maximum absolute atomic E-state index is 13.8. The van der Waals surface area contributed by atoms with Crippen LogP contribution in [0.1, 0.15) is 120 Å². The van der Waals surface area contributed by atoms with Gasteiger partial charge in [0.1, 0.15) is 0 Å². The lowest BCUT2D eigenvalue weighted by molar-refractivity contribution is -0.141. The second kappa shape index (κ2) is 14.1. The zero-order valence-corrected chi connectivity index (χ0v) is 24.7. The van der Waals surface area contributed by atoms with Crippen LogP contribution in [0.2, 0.25) is 0 Å². The number of nitrogens with zero attached hydrogens (tertiary/aromatic N) is 2. The number of carbonyl (C=O) groups is 2. The fourth-order valence-corrected chi connectivity index (χ4v) is 6.12. The van der Waals surface area contributed by atoms with E-state index >= 15 is 0 Å². The monoisotopic (exact) mass is 524 g/mol. The second-order valence-corrected chi connectivity index (χ2v) is 12.6. The first-order valence-corrected chi connectivity index (χ1v) is 15.4. The molecule has 2 heterocycles. The molecule has 0 saturated heterocycles. The zero-order valence-electron chi connectivity index (χ0n) is 23.9. The fraction of sp³-hybridized carbons (Fsp3) is 0.625. The number of amides is 2. The third-order valence-electron chi connectivity index (χ3n) is 7.58. The van der Waals surface area contributed by atoms with Gasteiger partial charge in [-0.25, -0.2) is 0 Å². The van der Waals surface area contributed by atoms with Gasteiger partial charge in [0.25, 0.3) is 0 Å². The quantitative estimate of drug-likeness (QED) is 0.250. The van der Waals surface area contributed by atoms with Gasteiger partial charge in [0.15, 0.2) is 0 Å². The summed E-state index contributed by atoms with van der Waals surface area (Å²) in [5.41, 5.74) is 3.77. The number of rotatable bonds is 13. The highest BCUT2D eigenvalue weighted by molar-refractivity contribution is 7.10. The van der Waals surface area contributed by atoms with Crippen LogP contribution in [0.25, 0.3) is 0 Å². The Balaban J connectivity index is 1.74. The molecular formula is C32H48N2O2S. The molecule has 1 aliphatic heterocycles. The van der Waals surface area contributed by atoms with E-state index in [9.17, 15) is 9.59 Å². The lowest BCUT2D eigenvalue weighted by Crippen LogP contribution is -2.47. The molecule has 1 atom stereocenters. The standard InChI is InChI=1S/C32H48N2O2S/c1-6-8-10-11-12-13-14-29(35)33(21-9-7-2)24-30(36)34-22-19-28-27(20-23-37-28)31(34)25-15-17-26(18-16-25)32(3,4)5/h15-18,20,23,31H,6-14,19,21-22,24H2,1-5H3. The van der Waals surface area contributed by atoms with Crippen LogP contribution in [-0.4, -0.2) is 41.2 Å². The second-order valence-electron chi connectivity index (χ2n) is 11.6. The summed E-state index contributed by atoms with van der Waals surface area (Å²) in [6, 6.07) is 10.9. The molecular weight excluding hydrogens is 476 g/mol. The molecule has 0 radical (unpaired) electrons. The Morgan fingerprint density at radius 2 is 1.62 bits per heavy atom. The number of benzene rings is 1. The maximum Gasteiger partial charge on any atom is 0.242 e. The molecule has 37 heavy (non-hydrogen) atoms. The van der Waals surface area contributed by atoms with Crippen molar-refractivity contribution in [1.82, 2.24) is 9.80 Å². The summed E-state index contributed by atoms with van der Waals surface area (Å²) in [5, 5.41) is 2.15. The van der Waals surface area contributed by atoms with Crippen LogP contribution in [-0.2, 0) is 21.4 Å². The van der Waals surface area contributed by atoms with Crippen LogP contribution in [0, 0.1) is 0 Å². The van der Waals surface area contributed by atoms with Crippen LogP contribution in [0.4, 0.5) is 0 Å². The molecule has 204 valence electrons. The van der Waals surface area contributed by atoms with E-state index in [4.69, 9.17) is 0 Å². The van der Waals surface area contributed by atoms with E-state index in [0.717, 1.165) is 37.7 Å². The van der Waals surface area contributed by atoms with Crippen molar-refractivity contribution >= 4 is 23.2 Å². The predicted octanol–water partition coefficient (Wildman–Crippen LogP) is 7.90. The Kier molecular flexibility index (Phi) is 11.2. The van der Waals surface area contributed by atoms with Gasteiger partial charge in [-0.15, -0.1) is 11.3 Å². The Hall–Kier alpha value is -2.14. The van der Waals surface area contributed by atoms with Crippen molar-refractivity contribution in [3.8, 4) is 0 Å². The van der Waals surface area contributed by atoms with Crippen molar-refractivity contribution in [2.75, 3.05) is 19.6 Å². The third-order valence-corrected chi connectivity index (χ3v) is 8.58. The SMILES string of the molecule is CCCCCCCCC(=O)N(CCCC)CC(=O)N1CCc2sccc2C1c1ccc(C(C)(C)C)cc1. The molecule has 4 nitrogen and oxygen atoms in total. The molecule has 1 aromatic heterocycles. The highest BCUT2D eigenvalue weighted by Gasteiger charge is 2.34. The van der Waals surface area contributed by atoms with E-state index in [1.807, 2.05) is 9.80 Å². The Labute approximate surface area is 229 Å². The lowest BCUT2D eigenvalue weighted by Gasteiger charge is -2.38. The van der Waals surface area contributed by atoms with Gasteiger partial charge >= 0.3 is 0 Å². The maximum atomic E-state index is 13.8. The number of hydrogen-bond donors (Lipinski definition) is 0. The van der Waals surface area contributed by atoms with Crippen molar-refractivity contribution in [1.29, 1.82) is 0 Å². The van der Waals surface area contributed by atoms with Gasteiger partial charge in [0.05, 0.1) is 12.6 Å². The van der Waals surface area contributed by atoms with Crippen LogP contribution in [0.15, 0.2) is 35.7 Å². The molecule has 0 aliphatic carbocycles. The summed E-state index contributed by atoms with van der Waals surface area (Å²) in [6.45, 7) is 12.6. The van der Waals surface area contributed by atoms with Crippen molar-refractivity contribution in [2.24, 2.45) is 0 Å². The van der Waals surface area contributed by atoms with Crippen molar-refractivity contribution < 1.29 is 9.59 Å². The van der Waals surface area contributed by atoms with Crippen molar-refractivity contribution in [3.63, 3.8) is 0 Å². The normalized spacial score (nSPS) is 15.5. The molecule has 0 fully saturated rings.